The molecule has 0 saturated carbocycles. The lowest BCUT2D eigenvalue weighted by atomic mass is 10.0. The van der Waals surface area contributed by atoms with Crippen molar-refractivity contribution < 1.29 is 0 Å². The monoisotopic (exact) mass is 436 g/mol. The molecule has 4 rings (SSSR count). The first-order chi connectivity index (χ1) is 13.5. The minimum absolute atomic E-state index is 0.509. The van der Waals surface area contributed by atoms with Crippen LogP contribution in [0.2, 0.25) is 0 Å². The van der Waals surface area contributed by atoms with Gasteiger partial charge in [-0.15, -0.1) is 0 Å². The Hall–Kier alpha value is -2.80. The van der Waals surface area contributed by atoms with Gasteiger partial charge in [0, 0.05) is 29.0 Å². The summed E-state index contributed by atoms with van der Waals surface area (Å²) in [6, 6.07) is 12.3. The lowest BCUT2D eigenvalue weighted by Crippen LogP contribution is -2.32. The first-order valence-electron chi connectivity index (χ1n) is 9.15. The van der Waals surface area contributed by atoms with Crippen LogP contribution in [0.15, 0.2) is 47.2 Å². The minimum Gasteiger partial charge on any atom is -0.336 e. The number of hydrogen-bond donors (Lipinski definition) is 2. The van der Waals surface area contributed by atoms with Gasteiger partial charge in [0.15, 0.2) is 0 Å². The van der Waals surface area contributed by atoms with Gasteiger partial charge >= 0.3 is 0 Å². The Morgan fingerprint density at radius 1 is 1.18 bits per heavy atom. The molecule has 0 atom stereocenters. The summed E-state index contributed by atoms with van der Waals surface area (Å²) in [5.74, 6) is 1.18. The van der Waals surface area contributed by atoms with Crippen molar-refractivity contribution in [1.29, 1.82) is 5.41 Å². The van der Waals surface area contributed by atoms with E-state index in [2.05, 4.69) is 59.3 Å². The minimum atomic E-state index is 0.509. The maximum Gasteiger partial charge on any atom is 0.232 e. The van der Waals surface area contributed by atoms with Crippen molar-refractivity contribution >= 4 is 39.2 Å². The first-order valence-corrected chi connectivity index (χ1v) is 9.94. The molecule has 0 amide bonds. The van der Waals surface area contributed by atoms with Gasteiger partial charge in [-0.25, -0.2) is 9.97 Å². The van der Waals surface area contributed by atoms with Gasteiger partial charge in [0.25, 0.3) is 0 Å². The molecule has 2 aromatic carbocycles. The van der Waals surface area contributed by atoms with E-state index >= 15 is 0 Å². The number of fused-ring (bicyclic) bond motifs is 1. The zero-order valence-corrected chi connectivity index (χ0v) is 17.4. The van der Waals surface area contributed by atoms with Crippen molar-refractivity contribution in [2.45, 2.75) is 26.8 Å². The van der Waals surface area contributed by atoms with E-state index in [-0.39, 0.29) is 0 Å². The van der Waals surface area contributed by atoms with E-state index in [1.165, 1.54) is 11.1 Å². The molecule has 0 bridgehead atoms. The van der Waals surface area contributed by atoms with Gasteiger partial charge in [-0.05, 0) is 60.7 Å². The second kappa shape index (κ2) is 7.67. The third-order valence-electron chi connectivity index (χ3n) is 5.01. The molecule has 2 heterocycles. The topological polar surface area (TPSA) is 77.8 Å². The number of nitrogens with zero attached hydrogens (tertiary/aromatic N) is 4. The van der Waals surface area contributed by atoms with E-state index in [0.717, 1.165) is 40.8 Å². The normalized spacial score (nSPS) is 13.2. The summed E-state index contributed by atoms with van der Waals surface area (Å²) in [5, 5.41) is 11.2. The summed E-state index contributed by atoms with van der Waals surface area (Å²) in [5.41, 5.74) is 6.03. The molecule has 0 aliphatic carbocycles. The SMILES string of the molecule is CC(=N)c1cccc(Nc2ncnc(N3CCc4cc(Br)ccc4C3)n2)c1C. The summed E-state index contributed by atoms with van der Waals surface area (Å²) >= 11 is 3.54. The second-order valence-corrected chi connectivity index (χ2v) is 7.84. The Bertz CT molecular complexity index is 1050. The highest BCUT2D eigenvalue weighted by Crippen LogP contribution is 2.26. The molecule has 1 aliphatic heterocycles. The van der Waals surface area contributed by atoms with Crippen LogP contribution >= 0.6 is 15.9 Å². The molecule has 2 N–H and O–H groups in total. The molecule has 1 aromatic heterocycles. The summed E-state index contributed by atoms with van der Waals surface area (Å²) in [6.45, 7) is 5.44. The van der Waals surface area contributed by atoms with Gasteiger partial charge in [-0.3, -0.25) is 0 Å². The molecular formula is C21H21BrN6. The third-order valence-corrected chi connectivity index (χ3v) is 5.50. The van der Waals surface area contributed by atoms with Crippen LogP contribution in [0, 0.1) is 12.3 Å². The summed E-state index contributed by atoms with van der Waals surface area (Å²) in [7, 11) is 0. The molecule has 0 saturated heterocycles. The van der Waals surface area contributed by atoms with Crippen LogP contribution in [0.4, 0.5) is 17.6 Å². The Labute approximate surface area is 172 Å². The van der Waals surface area contributed by atoms with Crippen molar-refractivity contribution in [2.24, 2.45) is 0 Å². The van der Waals surface area contributed by atoms with E-state index in [9.17, 15) is 0 Å². The highest BCUT2D eigenvalue weighted by Gasteiger charge is 2.19. The Morgan fingerprint density at radius 2 is 2.04 bits per heavy atom. The fourth-order valence-electron chi connectivity index (χ4n) is 3.49. The molecule has 6 nitrogen and oxygen atoms in total. The Kier molecular flexibility index (Phi) is 5.09. The van der Waals surface area contributed by atoms with Crippen molar-refractivity contribution in [3.63, 3.8) is 0 Å². The molecule has 142 valence electrons. The number of rotatable bonds is 4. The van der Waals surface area contributed by atoms with Gasteiger partial charge in [-0.2, -0.15) is 4.98 Å². The molecule has 0 radical (unpaired) electrons. The van der Waals surface area contributed by atoms with Crippen LogP contribution in [0.25, 0.3) is 0 Å². The number of aromatic nitrogens is 3. The zero-order valence-electron chi connectivity index (χ0n) is 15.8. The van der Waals surface area contributed by atoms with Gasteiger partial charge < -0.3 is 15.6 Å². The quantitative estimate of drug-likeness (QED) is 0.582. The summed E-state index contributed by atoms with van der Waals surface area (Å²) in [4.78, 5) is 15.5. The van der Waals surface area contributed by atoms with Crippen LogP contribution < -0.4 is 10.2 Å². The highest BCUT2D eigenvalue weighted by atomic mass is 79.9. The predicted octanol–water partition coefficient (Wildman–Crippen LogP) is 4.64. The van der Waals surface area contributed by atoms with E-state index in [1.54, 1.807) is 13.3 Å². The van der Waals surface area contributed by atoms with Crippen molar-refractivity contribution in [2.75, 3.05) is 16.8 Å². The number of halogens is 1. The van der Waals surface area contributed by atoms with E-state index in [1.807, 2.05) is 25.1 Å². The number of anilines is 3. The van der Waals surface area contributed by atoms with Crippen LogP contribution in [-0.2, 0) is 13.0 Å². The molecule has 28 heavy (non-hydrogen) atoms. The number of hydrogen-bond acceptors (Lipinski definition) is 6. The molecule has 3 aromatic rings. The van der Waals surface area contributed by atoms with E-state index in [0.29, 0.717) is 17.6 Å². The molecule has 0 fully saturated rings. The predicted molar refractivity (Wildman–Crippen MR) is 116 cm³/mol. The van der Waals surface area contributed by atoms with Crippen molar-refractivity contribution in [3.05, 3.63) is 69.5 Å². The Morgan fingerprint density at radius 3 is 2.86 bits per heavy atom. The molecule has 0 unspecified atom stereocenters. The fraction of sp³-hybridized carbons (Fsp3) is 0.238. The van der Waals surface area contributed by atoms with Crippen LogP contribution in [-0.4, -0.2) is 27.2 Å². The zero-order chi connectivity index (χ0) is 19.7. The smallest absolute Gasteiger partial charge is 0.232 e. The Balaban J connectivity index is 1.57. The molecule has 0 spiro atoms. The van der Waals surface area contributed by atoms with Gasteiger partial charge in [0.05, 0.1) is 0 Å². The van der Waals surface area contributed by atoms with Crippen molar-refractivity contribution in [3.8, 4) is 0 Å². The largest absolute Gasteiger partial charge is 0.336 e. The molecule has 1 aliphatic rings. The first kappa shape index (κ1) is 18.6. The van der Waals surface area contributed by atoms with Crippen molar-refractivity contribution in [1.82, 2.24) is 15.0 Å². The fourth-order valence-corrected chi connectivity index (χ4v) is 3.90. The van der Waals surface area contributed by atoms with Gasteiger partial charge in [0.2, 0.25) is 11.9 Å². The second-order valence-electron chi connectivity index (χ2n) is 6.92. The lowest BCUT2D eigenvalue weighted by molar-refractivity contribution is 0.704. The average molecular weight is 437 g/mol. The maximum atomic E-state index is 7.91. The lowest BCUT2D eigenvalue weighted by Gasteiger charge is -2.29. The molecule has 7 heteroatoms. The van der Waals surface area contributed by atoms with E-state index in [4.69, 9.17) is 5.41 Å². The number of benzene rings is 2. The average Bonchev–Trinajstić information content (AvgIpc) is 2.69. The van der Waals surface area contributed by atoms with E-state index < -0.39 is 0 Å². The van der Waals surface area contributed by atoms with Crippen LogP contribution in [0.5, 0.6) is 0 Å². The van der Waals surface area contributed by atoms with Gasteiger partial charge in [-0.1, -0.05) is 34.1 Å². The van der Waals surface area contributed by atoms with Crippen LogP contribution in [0.1, 0.15) is 29.2 Å². The highest BCUT2D eigenvalue weighted by molar-refractivity contribution is 9.10. The van der Waals surface area contributed by atoms with Crippen LogP contribution in [0.3, 0.4) is 0 Å². The third kappa shape index (κ3) is 3.75. The maximum absolute atomic E-state index is 7.91. The number of nitrogens with one attached hydrogen (secondary N) is 2. The summed E-state index contributed by atoms with van der Waals surface area (Å²) < 4.78 is 1.11. The van der Waals surface area contributed by atoms with Gasteiger partial charge in [0.1, 0.15) is 6.33 Å². The molecular weight excluding hydrogens is 416 g/mol. The summed E-state index contributed by atoms with van der Waals surface area (Å²) in [6.07, 6.45) is 2.51. The standard InChI is InChI=1S/C21H21BrN6/c1-13-18(14(2)23)4-3-5-19(13)26-20-24-12-25-21(27-20)28-9-8-15-10-17(22)7-6-16(15)11-28/h3-7,10,12,23H,8-9,11H2,1-2H3,(H,24,25,26,27).